The zero-order chi connectivity index (χ0) is 14.7. The maximum absolute atomic E-state index is 13.9. The lowest BCUT2D eigenvalue weighted by atomic mass is 10.2. The van der Waals surface area contributed by atoms with Crippen LogP contribution < -0.4 is 5.32 Å². The second kappa shape index (κ2) is 6.32. The Kier molecular flexibility index (Phi) is 4.26. The molecule has 1 N–H and O–H groups in total. The first-order valence-corrected chi connectivity index (χ1v) is 7.20. The van der Waals surface area contributed by atoms with Crippen molar-refractivity contribution in [1.29, 1.82) is 0 Å². The minimum absolute atomic E-state index is 0.296. The minimum Gasteiger partial charge on any atom is -0.379 e. The van der Waals surface area contributed by atoms with Gasteiger partial charge in [0.05, 0.1) is 24.1 Å². The largest absolute Gasteiger partial charge is 0.379 e. The summed E-state index contributed by atoms with van der Waals surface area (Å²) in [6, 6.07) is 5.29. The van der Waals surface area contributed by atoms with Crippen molar-refractivity contribution in [2.75, 3.05) is 38.2 Å². The van der Waals surface area contributed by atoms with E-state index in [1.165, 1.54) is 12.4 Å². The van der Waals surface area contributed by atoms with Crippen LogP contribution in [0.2, 0.25) is 0 Å². The molecule has 1 aliphatic heterocycles. The highest BCUT2D eigenvalue weighted by molar-refractivity contribution is 5.89. The van der Waals surface area contributed by atoms with Crippen LogP contribution >= 0.6 is 0 Å². The van der Waals surface area contributed by atoms with E-state index in [0.29, 0.717) is 29.3 Å². The maximum atomic E-state index is 13.9. The Morgan fingerprint density at radius 3 is 3.19 bits per heavy atom. The Labute approximate surface area is 123 Å². The van der Waals surface area contributed by atoms with Crippen LogP contribution in [0.3, 0.4) is 0 Å². The molecule has 112 valence electrons. The molecule has 3 rings (SSSR count). The lowest BCUT2D eigenvalue weighted by Gasteiger charge is -2.33. The third-order valence-corrected chi connectivity index (χ3v) is 3.81. The van der Waals surface area contributed by atoms with E-state index in [4.69, 9.17) is 4.74 Å². The standard InChI is InChI=1S/C15H19FN4O/c1-11-9-21-8-7-20(11)6-5-17-15-14-12(16)3-2-4-13(14)18-10-19-15/h2-4,10-11H,5-9H2,1H3,(H,17,18,19). The van der Waals surface area contributed by atoms with Crippen molar-refractivity contribution < 1.29 is 9.13 Å². The highest BCUT2D eigenvalue weighted by Gasteiger charge is 2.18. The molecule has 0 bridgehead atoms. The first kappa shape index (κ1) is 14.2. The fourth-order valence-corrected chi connectivity index (χ4v) is 2.61. The first-order valence-electron chi connectivity index (χ1n) is 7.20. The number of hydrogen-bond donors (Lipinski definition) is 1. The molecular formula is C15H19FN4O. The summed E-state index contributed by atoms with van der Waals surface area (Å²) in [6.07, 6.45) is 1.46. The van der Waals surface area contributed by atoms with E-state index in [9.17, 15) is 4.39 Å². The summed E-state index contributed by atoms with van der Waals surface area (Å²) >= 11 is 0. The molecule has 1 aromatic heterocycles. The molecule has 1 fully saturated rings. The van der Waals surface area contributed by atoms with Crippen LogP contribution in [0.5, 0.6) is 0 Å². The van der Waals surface area contributed by atoms with Gasteiger partial charge in [-0.25, -0.2) is 14.4 Å². The third kappa shape index (κ3) is 3.11. The predicted octanol–water partition coefficient (Wildman–Crippen LogP) is 1.90. The average Bonchev–Trinajstić information content (AvgIpc) is 2.49. The van der Waals surface area contributed by atoms with E-state index in [1.807, 2.05) is 0 Å². The molecule has 0 spiro atoms. The molecule has 1 aromatic carbocycles. The summed E-state index contributed by atoms with van der Waals surface area (Å²) in [5, 5.41) is 3.68. The number of morpholine rings is 1. The van der Waals surface area contributed by atoms with Gasteiger partial charge in [0.15, 0.2) is 0 Å². The van der Waals surface area contributed by atoms with Gasteiger partial charge in [0.2, 0.25) is 0 Å². The molecule has 2 heterocycles. The molecule has 0 aliphatic carbocycles. The topological polar surface area (TPSA) is 50.3 Å². The second-order valence-electron chi connectivity index (χ2n) is 5.24. The van der Waals surface area contributed by atoms with E-state index < -0.39 is 0 Å². The number of halogens is 1. The summed E-state index contributed by atoms with van der Waals surface area (Å²) < 4.78 is 19.4. The van der Waals surface area contributed by atoms with Crippen molar-refractivity contribution >= 4 is 16.7 Å². The Morgan fingerprint density at radius 1 is 1.43 bits per heavy atom. The molecule has 1 aliphatic rings. The van der Waals surface area contributed by atoms with Crippen molar-refractivity contribution in [3.8, 4) is 0 Å². The van der Waals surface area contributed by atoms with E-state index in [1.54, 1.807) is 12.1 Å². The summed E-state index contributed by atoms with van der Waals surface area (Å²) in [5.74, 6) is 0.259. The summed E-state index contributed by atoms with van der Waals surface area (Å²) in [5.41, 5.74) is 0.618. The van der Waals surface area contributed by atoms with E-state index in [2.05, 4.69) is 27.1 Å². The van der Waals surface area contributed by atoms with Crippen molar-refractivity contribution in [1.82, 2.24) is 14.9 Å². The van der Waals surface area contributed by atoms with Crippen LogP contribution in [-0.4, -0.2) is 53.8 Å². The van der Waals surface area contributed by atoms with Crippen LogP contribution in [0.1, 0.15) is 6.92 Å². The number of anilines is 1. The van der Waals surface area contributed by atoms with Gasteiger partial charge in [0.1, 0.15) is 18.0 Å². The number of benzene rings is 1. The van der Waals surface area contributed by atoms with Gasteiger partial charge in [-0.05, 0) is 19.1 Å². The van der Waals surface area contributed by atoms with Crippen LogP contribution in [0.25, 0.3) is 10.9 Å². The molecule has 1 atom stereocenters. The van der Waals surface area contributed by atoms with E-state index >= 15 is 0 Å². The molecule has 21 heavy (non-hydrogen) atoms. The zero-order valence-corrected chi connectivity index (χ0v) is 12.1. The highest BCUT2D eigenvalue weighted by atomic mass is 19.1. The molecule has 1 saturated heterocycles. The number of fused-ring (bicyclic) bond motifs is 1. The van der Waals surface area contributed by atoms with Gasteiger partial charge in [-0.2, -0.15) is 0 Å². The quantitative estimate of drug-likeness (QED) is 0.932. The smallest absolute Gasteiger partial charge is 0.140 e. The van der Waals surface area contributed by atoms with E-state index in [0.717, 1.165) is 26.3 Å². The normalized spacial score (nSPS) is 19.8. The van der Waals surface area contributed by atoms with E-state index in [-0.39, 0.29) is 5.82 Å². The molecule has 6 heteroatoms. The number of rotatable bonds is 4. The van der Waals surface area contributed by atoms with Crippen molar-refractivity contribution in [2.24, 2.45) is 0 Å². The van der Waals surface area contributed by atoms with Crippen molar-refractivity contribution in [3.63, 3.8) is 0 Å². The minimum atomic E-state index is -0.296. The Morgan fingerprint density at radius 2 is 2.33 bits per heavy atom. The lowest BCUT2D eigenvalue weighted by Crippen LogP contribution is -2.45. The number of hydrogen-bond acceptors (Lipinski definition) is 5. The maximum Gasteiger partial charge on any atom is 0.140 e. The number of ether oxygens (including phenoxy) is 1. The van der Waals surface area contributed by atoms with Crippen LogP contribution in [0.15, 0.2) is 24.5 Å². The van der Waals surface area contributed by atoms with Gasteiger partial charge in [-0.1, -0.05) is 6.07 Å². The van der Waals surface area contributed by atoms with Crippen LogP contribution in [0.4, 0.5) is 10.2 Å². The predicted molar refractivity (Wildman–Crippen MR) is 79.8 cm³/mol. The van der Waals surface area contributed by atoms with Gasteiger partial charge in [0, 0.05) is 25.7 Å². The van der Waals surface area contributed by atoms with Crippen LogP contribution in [-0.2, 0) is 4.74 Å². The number of aromatic nitrogens is 2. The van der Waals surface area contributed by atoms with Gasteiger partial charge < -0.3 is 10.1 Å². The molecule has 1 unspecified atom stereocenters. The highest BCUT2D eigenvalue weighted by Crippen LogP contribution is 2.22. The Balaban J connectivity index is 1.68. The molecule has 0 radical (unpaired) electrons. The fourth-order valence-electron chi connectivity index (χ4n) is 2.61. The van der Waals surface area contributed by atoms with Gasteiger partial charge in [-0.15, -0.1) is 0 Å². The zero-order valence-electron chi connectivity index (χ0n) is 12.1. The second-order valence-corrected chi connectivity index (χ2v) is 5.24. The SMILES string of the molecule is CC1COCCN1CCNc1ncnc2cccc(F)c12. The van der Waals surface area contributed by atoms with Crippen molar-refractivity contribution in [2.45, 2.75) is 13.0 Å². The third-order valence-electron chi connectivity index (χ3n) is 3.81. The first-order chi connectivity index (χ1) is 10.3. The van der Waals surface area contributed by atoms with Gasteiger partial charge >= 0.3 is 0 Å². The fraction of sp³-hybridized carbons (Fsp3) is 0.467. The van der Waals surface area contributed by atoms with Gasteiger partial charge in [-0.3, -0.25) is 4.90 Å². The molecular weight excluding hydrogens is 271 g/mol. The summed E-state index contributed by atoms with van der Waals surface area (Å²) in [6.45, 7) is 6.22. The molecule has 0 saturated carbocycles. The Hall–Kier alpha value is -1.79. The summed E-state index contributed by atoms with van der Waals surface area (Å²) in [4.78, 5) is 10.6. The summed E-state index contributed by atoms with van der Waals surface area (Å²) in [7, 11) is 0. The molecule has 5 nitrogen and oxygen atoms in total. The molecule has 2 aromatic rings. The monoisotopic (exact) mass is 290 g/mol. The number of nitrogens with one attached hydrogen (secondary N) is 1. The van der Waals surface area contributed by atoms with Crippen LogP contribution in [0, 0.1) is 5.82 Å². The van der Waals surface area contributed by atoms with Gasteiger partial charge in [0.25, 0.3) is 0 Å². The molecule has 0 amide bonds. The average molecular weight is 290 g/mol. The number of nitrogens with zero attached hydrogens (tertiary/aromatic N) is 3. The van der Waals surface area contributed by atoms with Crippen molar-refractivity contribution in [3.05, 3.63) is 30.3 Å². The lowest BCUT2D eigenvalue weighted by molar-refractivity contribution is 0.00181. The Bertz CT molecular complexity index is 616.